The van der Waals surface area contributed by atoms with Gasteiger partial charge in [-0.05, 0) is 28.9 Å². The highest BCUT2D eigenvalue weighted by molar-refractivity contribution is 9.10. The van der Waals surface area contributed by atoms with Gasteiger partial charge in [-0.25, -0.2) is 8.42 Å². The van der Waals surface area contributed by atoms with Crippen LogP contribution in [0.1, 0.15) is 6.92 Å². The summed E-state index contributed by atoms with van der Waals surface area (Å²) in [4.78, 5) is 0.223. The van der Waals surface area contributed by atoms with E-state index in [1.54, 1.807) is 12.1 Å². The molecule has 0 amide bonds. The third-order valence-electron chi connectivity index (χ3n) is 3.62. The Morgan fingerprint density at radius 1 is 1.29 bits per heavy atom. The van der Waals surface area contributed by atoms with Gasteiger partial charge in [-0.15, -0.1) is 0 Å². The van der Waals surface area contributed by atoms with Crippen molar-refractivity contribution in [2.45, 2.75) is 17.9 Å². The maximum atomic E-state index is 12.9. The SMILES string of the molecule is CC1CNCCN1S(=O)(=O)c1cc2c(cc1Br)OCCO2. The molecule has 0 bridgehead atoms. The molecule has 0 spiro atoms. The van der Waals surface area contributed by atoms with E-state index in [1.165, 1.54) is 4.31 Å². The molecule has 3 rings (SSSR count). The molecule has 6 nitrogen and oxygen atoms in total. The summed E-state index contributed by atoms with van der Waals surface area (Å²) in [5.41, 5.74) is 0. The van der Waals surface area contributed by atoms with Crippen LogP contribution in [0.25, 0.3) is 0 Å². The molecule has 1 aromatic carbocycles. The van der Waals surface area contributed by atoms with Crippen molar-refractivity contribution < 1.29 is 17.9 Å². The van der Waals surface area contributed by atoms with Crippen molar-refractivity contribution in [2.24, 2.45) is 0 Å². The van der Waals surface area contributed by atoms with Gasteiger partial charge in [0.2, 0.25) is 10.0 Å². The third kappa shape index (κ3) is 2.77. The first-order valence-corrected chi connectivity index (χ1v) is 9.05. The second kappa shape index (κ2) is 5.75. The molecule has 1 atom stereocenters. The Hall–Kier alpha value is -0.830. The number of hydrogen-bond acceptors (Lipinski definition) is 5. The number of nitrogens with one attached hydrogen (secondary N) is 1. The fourth-order valence-electron chi connectivity index (χ4n) is 2.55. The minimum Gasteiger partial charge on any atom is -0.486 e. The van der Waals surface area contributed by atoms with E-state index in [4.69, 9.17) is 9.47 Å². The van der Waals surface area contributed by atoms with Crippen molar-refractivity contribution in [2.75, 3.05) is 32.8 Å². The standard InChI is InChI=1S/C13H17BrN2O4S/c1-9-8-15-2-3-16(9)21(17,18)13-7-12-11(6-10(13)14)19-4-5-20-12/h6-7,9,15H,2-5,8H2,1H3. The lowest BCUT2D eigenvalue weighted by atomic mass is 10.3. The summed E-state index contributed by atoms with van der Waals surface area (Å²) < 4.78 is 38.7. The van der Waals surface area contributed by atoms with Crippen LogP contribution in [0.2, 0.25) is 0 Å². The molecule has 21 heavy (non-hydrogen) atoms. The molecule has 2 aliphatic rings. The molecular formula is C13H17BrN2O4S. The van der Waals surface area contributed by atoms with Crippen LogP contribution in [0.5, 0.6) is 11.5 Å². The van der Waals surface area contributed by atoms with Gasteiger partial charge in [0, 0.05) is 36.2 Å². The molecular weight excluding hydrogens is 360 g/mol. The number of rotatable bonds is 2. The summed E-state index contributed by atoms with van der Waals surface area (Å²) in [5, 5.41) is 3.19. The molecule has 1 unspecified atom stereocenters. The van der Waals surface area contributed by atoms with Crippen molar-refractivity contribution in [3.8, 4) is 11.5 Å². The van der Waals surface area contributed by atoms with Crippen LogP contribution in [-0.4, -0.2) is 51.6 Å². The van der Waals surface area contributed by atoms with Crippen LogP contribution in [0.15, 0.2) is 21.5 Å². The second-order valence-corrected chi connectivity index (χ2v) is 7.81. The summed E-state index contributed by atoms with van der Waals surface area (Å²) in [7, 11) is -3.56. The number of sulfonamides is 1. The molecule has 1 fully saturated rings. The Balaban J connectivity index is 2.02. The summed E-state index contributed by atoms with van der Waals surface area (Å²) in [6, 6.07) is 3.13. The zero-order chi connectivity index (χ0) is 15.0. The average molecular weight is 377 g/mol. The predicted octanol–water partition coefficient (Wildman–Crippen LogP) is 1.20. The molecule has 1 aromatic rings. The molecule has 0 radical (unpaired) electrons. The van der Waals surface area contributed by atoms with Crippen LogP contribution in [0.4, 0.5) is 0 Å². The molecule has 2 aliphatic heterocycles. The molecule has 1 saturated heterocycles. The first kappa shape index (κ1) is 15.1. The second-order valence-electron chi connectivity index (χ2n) is 5.10. The van der Waals surface area contributed by atoms with E-state index < -0.39 is 10.0 Å². The van der Waals surface area contributed by atoms with E-state index in [0.717, 1.165) is 0 Å². The number of piperazine rings is 1. The molecule has 2 heterocycles. The van der Waals surface area contributed by atoms with Crippen LogP contribution in [-0.2, 0) is 10.0 Å². The zero-order valence-electron chi connectivity index (χ0n) is 11.6. The molecule has 0 aromatic heterocycles. The van der Waals surface area contributed by atoms with E-state index in [9.17, 15) is 8.42 Å². The zero-order valence-corrected chi connectivity index (χ0v) is 14.0. The summed E-state index contributed by atoms with van der Waals surface area (Å²) in [5.74, 6) is 1.05. The maximum Gasteiger partial charge on any atom is 0.244 e. The van der Waals surface area contributed by atoms with Gasteiger partial charge in [0.05, 0.1) is 0 Å². The van der Waals surface area contributed by atoms with Crippen LogP contribution < -0.4 is 14.8 Å². The maximum absolute atomic E-state index is 12.9. The average Bonchev–Trinajstić information content (AvgIpc) is 2.46. The Morgan fingerprint density at radius 3 is 2.62 bits per heavy atom. The van der Waals surface area contributed by atoms with Crippen molar-refractivity contribution in [3.63, 3.8) is 0 Å². The first-order valence-electron chi connectivity index (χ1n) is 6.82. The van der Waals surface area contributed by atoms with Crippen molar-refractivity contribution in [1.29, 1.82) is 0 Å². The largest absolute Gasteiger partial charge is 0.486 e. The Bertz CT molecular complexity index is 650. The quantitative estimate of drug-likeness (QED) is 0.839. The van der Waals surface area contributed by atoms with Gasteiger partial charge >= 0.3 is 0 Å². The van der Waals surface area contributed by atoms with Crippen molar-refractivity contribution in [1.82, 2.24) is 9.62 Å². The van der Waals surface area contributed by atoms with Gasteiger partial charge < -0.3 is 14.8 Å². The topological polar surface area (TPSA) is 67.9 Å². The lowest BCUT2D eigenvalue weighted by molar-refractivity contribution is 0.171. The van der Waals surface area contributed by atoms with Gasteiger partial charge in [0.25, 0.3) is 0 Å². The van der Waals surface area contributed by atoms with Crippen molar-refractivity contribution in [3.05, 3.63) is 16.6 Å². The van der Waals surface area contributed by atoms with Crippen LogP contribution >= 0.6 is 15.9 Å². The van der Waals surface area contributed by atoms with Crippen LogP contribution in [0.3, 0.4) is 0 Å². The highest BCUT2D eigenvalue weighted by Crippen LogP contribution is 2.38. The van der Waals surface area contributed by atoms with E-state index in [-0.39, 0.29) is 10.9 Å². The van der Waals surface area contributed by atoms with Crippen LogP contribution in [0, 0.1) is 0 Å². The Morgan fingerprint density at radius 2 is 1.95 bits per heavy atom. The van der Waals surface area contributed by atoms with Crippen molar-refractivity contribution >= 4 is 26.0 Å². The number of halogens is 1. The lowest BCUT2D eigenvalue weighted by Gasteiger charge is -2.33. The van der Waals surface area contributed by atoms with E-state index in [1.807, 2.05) is 6.92 Å². The molecule has 1 N–H and O–H groups in total. The molecule has 8 heteroatoms. The number of hydrogen-bond donors (Lipinski definition) is 1. The third-order valence-corrected chi connectivity index (χ3v) is 6.60. The van der Waals surface area contributed by atoms with Gasteiger partial charge in [-0.1, -0.05) is 0 Å². The smallest absolute Gasteiger partial charge is 0.244 e. The highest BCUT2D eigenvalue weighted by Gasteiger charge is 2.33. The molecule has 0 aliphatic carbocycles. The molecule has 0 saturated carbocycles. The van der Waals surface area contributed by atoms with E-state index in [0.29, 0.717) is 48.8 Å². The molecule has 116 valence electrons. The first-order chi connectivity index (χ1) is 10.00. The lowest BCUT2D eigenvalue weighted by Crippen LogP contribution is -2.52. The monoisotopic (exact) mass is 376 g/mol. The van der Waals surface area contributed by atoms with E-state index >= 15 is 0 Å². The number of nitrogens with zero attached hydrogens (tertiary/aromatic N) is 1. The number of benzene rings is 1. The summed E-state index contributed by atoms with van der Waals surface area (Å²) in [6.45, 7) is 4.58. The minimum atomic E-state index is -3.56. The minimum absolute atomic E-state index is 0.0798. The van der Waals surface area contributed by atoms with Gasteiger partial charge in [-0.3, -0.25) is 0 Å². The Kier molecular flexibility index (Phi) is 4.13. The fraction of sp³-hybridized carbons (Fsp3) is 0.538. The highest BCUT2D eigenvalue weighted by atomic mass is 79.9. The van der Waals surface area contributed by atoms with E-state index in [2.05, 4.69) is 21.2 Å². The van der Waals surface area contributed by atoms with Gasteiger partial charge in [0.15, 0.2) is 11.5 Å². The summed E-state index contributed by atoms with van der Waals surface area (Å²) >= 11 is 3.34. The number of fused-ring (bicyclic) bond motifs is 1. The number of ether oxygens (including phenoxy) is 2. The fourth-order valence-corrected chi connectivity index (χ4v) is 5.18. The normalized spacial score (nSPS) is 23.0. The summed E-state index contributed by atoms with van der Waals surface area (Å²) in [6.07, 6.45) is 0. The van der Waals surface area contributed by atoms with Gasteiger partial charge in [-0.2, -0.15) is 4.31 Å². The predicted molar refractivity (Wildman–Crippen MR) is 81.4 cm³/mol. The Labute approximate surface area is 132 Å². The van der Waals surface area contributed by atoms with Gasteiger partial charge in [0.1, 0.15) is 18.1 Å².